The summed E-state index contributed by atoms with van der Waals surface area (Å²) in [5.41, 5.74) is 1.60. The van der Waals surface area contributed by atoms with E-state index in [-0.39, 0.29) is 18.1 Å². The summed E-state index contributed by atoms with van der Waals surface area (Å²) in [5, 5.41) is 20.4. The molecule has 0 saturated carbocycles. The third-order valence-corrected chi connectivity index (χ3v) is 5.03. The lowest BCUT2D eigenvalue weighted by atomic mass is 10.0. The summed E-state index contributed by atoms with van der Waals surface area (Å²) in [4.78, 5) is 0.00412. The van der Waals surface area contributed by atoms with Crippen LogP contribution >= 0.6 is 0 Å². The Morgan fingerprint density at radius 1 is 0.786 bits per heavy atom. The molecule has 0 unspecified atom stereocenters. The molecule has 0 fully saturated rings. The Kier molecular flexibility index (Phi) is 8.56. The average Bonchev–Trinajstić information content (AvgIpc) is 2.68. The SMILES string of the molecule is O=S(=O)(O)c1c(Cc2ccccc2)ccc2ccccc12.OCCNCCO. The highest BCUT2D eigenvalue weighted by Crippen LogP contribution is 2.28. The minimum atomic E-state index is -4.28. The Bertz CT molecular complexity index is 971. The van der Waals surface area contributed by atoms with Gasteiger partial charge in [0.2, 0.25) is 0 Å². The molecule has 3 aromatic carbocycles. The molecule has 0 aliphatic heterocycles. The second-order valence-electron chi connectivity index (χ2n) is 6.11. The van der Waals surface area contributed by atoms with Crippen LogP contribution in [0.1, 0.15) is 11.1 Å². The van der Waals surface area contributed by atoms with Crippen LogP contribution < -0.4 is 5.32 Å². The van der Waals surface area contributed by atoms with Gasteiger partial charge in [0, 0.05) is 18.5 Å². The van der Waals surface area contributed by atoms with E-state index in [0.717, 1.165) is 10.9 Å². The molecule has 0 aliphatic carbocycles. The van der Waals surface area contributed by atoms with E-state index in [1.54, 1.807) is 18.2 Å². The summed E-state index contributed by atoms with van der Waals surface area (Å²) in [6, 6.07) is 20.4. The van der Waals surface area contributed by atoms with Crippen molar-refractivity contribution in [1.82, 2.24) is 5.32 Å². The second-order valence-corrected chi connectivity index (χ2v) is 7.47. The predicted molar refractivity (Wildman–Crippen MR) is 110 cm³/mol. The molecule has 0 saturated heterocycles. The summed E-state index contributed by atoms with van der Waals surface area (Å²) in [6.07, 6.45) is 0.459. The van der Waals surface area contributed by atoms with Crippen molar-refractivity contribution in [3.8, 4) is 0 Å². The van der Waals surface area contributed by atoms with Crippen molar-refractivity contribution in [3.05, 3.63) is 77.9 Å². The van der Waals surface area contributed by atoms with Crippen LogP contribution in [0.5, 0.6) is 0 Å². The first-order valence-electron chi connectivity index (χ1n) is 8.92. The van der Waals surface area contributed by atoms with E-state index in [9.17, 15) is 13.0 Å². The van der Waals surface area contributed by atoms with Crippen LogP contribution in [-0.4, -0.2) is 49.5 Å². The summed E-state index contributed by atoms with van der Waals surface area (Å²) in [7, 11) is -4.28. The van der Waals surface area contributed by atoms with E-state index in [1.165, 1.54) is 0 Å². The third kappa shape index (κ3) is 6.40. The Hall–Kier alpha value is -2.29. The van der Waals surface area contributed by atoms with Crippen molar-refractivity contribution < 1.29 is 23.2 Å². The van der Waals surface area contributed by atoms with Gasteiger partial charge in [0.15, 0.2) is 0 Å². The summed E-state index contributed by atoms with van der Waals surface area (Å²) in [6.45, 7) is 1.42. The molecule has 0 amide bonds. The van der Waals surface area contributed by atoms with Crippen LogP contribution in [0.15, 0.2) is 71.6 Å². The molecule has 0 heterocycles. The molecule has 3 aromatic rings. The molecule has 7 heteroatoms. The first-order valence-corrected chi connectivity index (χ1v) is 10.4. The Morgan fingerprint density at radius 2 is 1.39 bits per heavy atom. The average molecular weight is 404 g/mol. The minimum absolute atomic E-state index is 0.00412. The van der Waals surface area contributed by atoms with Crippen LogP contribution in [0.4, 0.5) is 0 Å². The maximum Gasteiger partial charge on any atom is 0.295 e. The van der Waals surface area contributed by atoms with Gasteiger partial charge in [0.1, 0.15) is 4.90 Å². The fourth-order valence-electron chi connectivity index (χ4n) is 2.83. The summed E-state index contributed by atoms with van der Waals surface area (Å²) in [5.74, 6) is 0. The van der Waals surface area contributed by atoms with E-state index in [4.69, 9.17) is 10.2 Å². The van der Waals surface area contributed by atoms with Gasteiger partial charge in [-0.2, -0.15) is 8.42 Å². The van der Waals surface area contributed by atoms with Gasteiger partial charge in [0.05, 0.1) is 13.2 Å². The van der Waals surface area contributed by atoms with Gasteiger partial charge in [0.25, 0.3) is 10.1 Å². The molecule has 0 radical (unpaired) electrons. The van der Waals surface area contributed by atoms with E-state index in [0.29, 0.717) is 30.5 Å². The fourth-order valence-corrected chi connectivity index (χ4v) is 3.77. The molecule has 0 spiro atoms. The fraction of sp³-hybridized carbons (Fsp3) is 0.238. The number of aliphatic hydroxyl groups excluding tert-OH is 2. The van der Waals surface area contributed by atoms with Crippen molar-refractivity contribution in [3.63, 3.8) is 0 Å². The maximum absolute atomic E-state index is 11.8. The highest BCUT2D eigenvalue weighted by Gasteiger charge is 2.19. The Labute approximate surface area is 165 Å². The van der Waals surface area contributed by atoms with Crippen molar-refractivity contribution in [2.24, 2.45) is 0 Å². The molecule has 4 N–H and O–H groups in total. The smallest absolute Gasteiger partial charge is 0.295 e. The van der Waals surface area contributed by atoms with Gasteiger partial charge in [-0.1, -0.05) is 66.7 Å². The second kappa shape index (κ2) is 10.9. The number of rotatable bonds is 7. The third-order valence-electron chi connectivity index (χ3n) is 4.03. The zero-order valence-corrected chi connectivity index (χ0v) is 16.3. The van der Waals surface area contributed by atoms with Crippen molar-refractivity contribution in [2.75, 3.05) is 26.3 Å². The number of aliphatic hydroxyl groups is 2. The zero-order chi connectivity index (χ0) is 20.4. The van der Waals surface area contributed by atoms with Crippen molar-refractivity contribution >= 4 is 20.9 Å². The standard InChI is InChI=1S/C17H14O3S.C4H11NO2/c18-21(19,20)17-15(12-13-6-2-1-3-7-13)11-10-14-8-4-5-9-16(14)17;6-3-1-5-2-4-7/h1-11H,12H2,(H,18,19,20);5-7H,1-4H2. The molecule has 0 aliphatic rings. The predicted octanol–water partition coefficient (Wildman–Crippen LogP) is 2.24. The molecule has 3 rings (SSSR count). The Morgan fingerprint density at radius 3 is 2.00 bits per heavy atom. The van der Waals surface area contributed by atoms with Crippen LogP contribution in [-0.2, 0) is 16.5 Å². The number of hydrogen-bond acceptors (Lipinski definition) is 5. The van der Waals surface area contributed by atoms with Crippen LogP contribution in [0.2, 0.25) is 0 Å². The molecule has 0 aromatic heterocycles. The molecular formula is C21H25NO5S. The lowest BCUT2D eigenvalue weighted by molar-refractivity contribution is 0.266. The van der Waals surface area contributed by atoms with Gasteiger partial charge in [-0.15, -0.1) is 0 Å². The molecule has 0 bridgehead atoms. The van der Waals surface area contributed by atoms with Gasteiger partial charge in [-0.3, -0.25) is 4.55 Å². The van der Waals surface area contributed by atoms with E-state index >= 15 is 0 Å². The lowest BCUT2D eigenvalue weighted by Gasteiger charge is -2.11. The van der Waals surface area contributed by atoms with E-state index < -0.39 is 10.1 Å². The van der Waals surface area contributed by atoms with Gasteiger partial charge in [-0.25, -0.2) is 0 Å². The highest BCUT2D eigenvalue weighted by molar-refractivity contribution is 7.86. The number of benzene rings is 3. The number of fused-ring (bicyclic) bond motifs is 1. The number of hydrogen-bond donors (Lipinski definition) is 4. The van der Waals surface area contributed by atoms with E-state index in [2.05, 4.69) is 5.32 Å². The van der Waals surface area contributed by atoms with Crippen molar-refractivity contribution in [2.45, 2.75) is 11.3 Å². The molecule has 150 valence electrons. The van der Waals surface area contributed by atoms with Crippen LogP contribution in [0.3, 0.4) is 0 Å². The van der Waals surface area contributed by atoms with Gasteiger partial charge < -0.3 is 15.5 Å². The summed E-state index contributed by atoms with van der Waals surface area (Å²) >= 11 is 0. The first-order chi connectivity index (χ1) is 13.5. The zero-order valence-electron chi connectivity index (χ0n) is 15.5. The quantitative estimate of drug-likeness (QED) is 0.356. The van der Waals surface area contributed by atoms with E-state index in [1.807, 2.05) is 48.5 Å². The summed E-state index contributed by atoms with van der Waals surface area (Å²) < 4.78 is 33.2. The van der Waals surface area contributed by atoms with Crippen LogP contribution in [0.25, 0.3) is 10.8 Å². The van der Waals surface area contributed by atoms with Crippen LogP contribution in [0, 0.1) is 0 Å². The molecule has 6 nitrogen and oxygen atoms in total. The molecule has 28 heavy (non-hydrogen) atoms. The monoisotopic (exact) mass is 403 g/mol. The highest BCUT2D eigenvalue weighted by atomic mass is 32.2. The van der Waals surface area contributed by atoms with Gasteiger partial charge >= 0.3 is 0 Å². The maximum atomic E-state index is 11.8. The topological polar surface area (TPSA) is 107 Å². The normalized spacial score (nSPS) is 11.1. The largest absolute Gasteiger partial charge is 0.395 e. The molecule has 0 atom stereocenters. The van der Waals surface area contributed by atoms with Gasteiger partial charge in [-0.05, 0) is 22.9 Å². The molecular weight excluding hydrogens is 378 g/mol. The number of nitrogens with one attached hydrogen (secondary N) is 1. The lowest BCUT2D eigenvalue weighted by Crippen LogP contribution is -2.21. The first kappa shape index (κ1) is 22.0. The Balaban J connectivity index is 0.000000345. The minimum Gasteiger partial charge on any atom is -0.395 e. The van der Waals surface area contributed by atoms with Crippen molar-refractivity contribution in [1.29, 1.82) is 0 Å².